The average molecular weight is 417 g/mol. The minimum absolute atomic E-state index is 0.199. The summed E-state index contributed by atoms with van der Waals surface area (Å²) in [6.45, 7) is 2.27. The fraction of sp³-hybridized carbons (Fsp3) is 0.222. The van der Waals surface area contributed by atoms with Gasteiger partial charge >= 0.3 is 0 Å². The molecule has 0 radical (unpaired) electrons. The third-order valence-corrected chi connectivity index (χ3v) is 4.07. The second kappa shape index (κ2) is 8.20. The number of fused-ring (bicyclic) bond motifs is 1. The van der Waals surface area contributed by atoms with Crippen LogP contribution < -0.4 is 10.1 Å². The fourth-order valence-corrected chi connectivity index (χ4v) is 2.61. The van der Waals surface area contributed by atoms with E-state index in [1.165, 1.54) is 0 Å². The van der Waals surface area contributed by atoms with Crippen LogP contribution in [-0.2, 0) is 4.74 Å². The van der Waals surface area contributed by atoms with Gasteiger partial charge in [0, 0.05) is 18.7 Å². The van der Waals surface area contributed by atoms with Gasteiger partial charge in [0.25, 0.3) is 5.91 Å². The fourth-order valence-electron chi connectivity index (χ4n) is 2.29. The van der Waals surface area contributed by atoms with Crippen molar-refractivity contribution in [2.45, 2.75) is 13.0 Å². The molecule has 1 amide bonds. The predicted molar refractivity (Wildman–Crippen MR) is 101 cm³/mol. The summed E-state index contributed by atoms with van der Waals surface area (Å²) in [5.74, 6) is 0.348. The van der Waals surface area contributed by atoms with Crippen LogP contribution in [0, 0.1) is 0 Å². The first-order valence-electron chi connectivity index (χ1n) is 7.92. The Kier molecular flexibility index (Phi) is 5.75. The lowest BCUT2D eigenvalue weighted by Gasteiger charge is -2.14. The van der Waals surface area contributed by atoms with Gasteiger partial charge in [0.1, 0.15) is 17.6 Å². The number of aromatic nitrogens is 3. The number of nitrogens with one attached hydrogen (secondary N) is 1. The maximum atomic E-state index is 12.5. The molecule has 1 N–H and O–H groups in total. The molecule has 8 heteroatoms. The highest BCUT2D eigenvalue weighted by Gasteiger charge is 2.14. The van der Waals surface area contributed by atoms with E-state index in [1.54, 1.807) is 31.5 Å². The zero-order valence-electron chi connectivity index (χ0n) is 14.3. The summed E-state index contributed by atoms with van der Waals surface area (Å²) in [6, 6.07) is 10.6. The Morgan fingerprint density at radius 1 is 1.23 bits per heavy atom. The van der Waals surface area contributed by atoms with Crippen molar-refractivity contribution in [3.63, 3.8) is 0 Å². The molecule has 0 aliphatic rings. The van der Waals surface area contributed by atoms with Crippen molar-refractivity contribution in [2.75, 3.05) is 19.0 Å². The van der Waals surface area contributed by atoms with Gasteiger partial charge in [-0.25, -0.2) is 15.0 Å². The standard InChI is InChI=1S/C18H17BrN4O3/c1-11(10-25-2)26-18-13(19)6-7-14(21-18)17(24)23-15-8-5-12-4-3-9-20-16(12)22-15/h3-9,11H,10H2,1-2H3,(H,20,22,23,24). The molecule has 0 saturated heterocycles. The van der Waals surface area contributed by atoms with Crippen molar-refractivity contribution >= 4 is 38.7 Å². The van der Waals surface area contributed by atoms with Crippen molar-refractivity contribution in [2.24, 2.45) is 0 Å². The largest absolute Gasteiger partial charge is 0.471 e. The first-order valence-corrected chi connectivity index (χ1v) is 8.71. The lowest BCUT2D eigenvalue weighted by atomic mass is 10.3. The normalized spacial score (nSPS) is 12.0. The summed E-state index contributed by atoms with van der Waals surface area (Å²) in [5, 5.41) is 3.63. The summed E-state index contributed by atoms with van der Waals surface area (Å²) in [4.78, 5) is 25.3. The Hall–Kier alpha value is -2.58. The van der Waals surface area contributed by atoms with Crippen LogP contribution in [0.5, 0.6) is 5.88 Å². The number of nitrogens with zero attached hydrogens (tertiary/aromatic N) is 3. The van der Waals surface area contributed by atoms with Crippen LogP contribution in [0.3, 0.4) is 0 Å². The lowest BCUT2D eigenvalue weighted by molar-refractivity contribution is 0.0877. The molecule has 0 saturated carbocycles. The van der Waals surface area contributed by atoms with Crippen molar-refractivity contribution in [3.8, 4) is 5.88 Å². The number of amides is 1. The average Bonchev–Trinajstić information content (AvgIpc) is 2.63. The lowest BCUT2D eigenvalue weighted by Crippen LogP contribution is -2.20. The van der Waals surface area contributed by atoms with Gasteiger partial charge in [-0.15, -0.1) is 0 Å². The number of anilines is 1. The van der Waals surface area contributed by atoms with E-state index in [2.05, 4.69) is 36.2 Å². The molecule has 26 heavy (non-hydrogen) atoms. The zero-order valence-corrected chi connectivity index (χ0v) is 15.9. The minimum Gasteiger partial charge on any atom is -0.471 e. The summed E-state index contributed by atoms with van der Waals surface area (Å²) in [5.41, 5.74) is 0.780. The molecule has 1 unspecified atom stereocenters. The van der Waals surface area contributed by atoms with Gasteiger partial charge in [-0.05, 0) is 59.3 Å². The summed E-state index contributed by atoms with van der Waals surface area (Å²) >= 11 is 3.37. The van der Waals surface area contributed by atoms with Crippen molar-refractivity contribution in [1.82, 2.24) is 15.0 Å². The molecule has 0 fully saturated rings. The van der Waals surface area contributed by atoms with E-state index in [0.29, 0.717) is 28.4 Å². The molecular weight excluding hydrogens is 400 g/mol. The van der Waals surface area contributed by atoms with E-state index in [0.717, 1.165) is 5.39 Å². The van der Waals surface area contributed by atoms with E-state index in [4.69, 9.17) is 9.47 Å². The second-order valence-corrected chi connectivity index (χ2v) is 6.42. The zero-order chi connectivity index (χ0) is 18.5. The number of carbonyl (C=O) groups excluding carboxylic acids is 1. The van der Waals surface area contributed by atoms with Crippen molar-refractivity contribution in [1.29, 1.82) is 0 Å². The molecule has 3 rings (SSSR count). The van der Waals surface area contributed by atoms with Gasteiger partial charge in [0.2, 0.25) is 5.88 Å². The van der Waals surface area contributed by atoms with Gasteiger partial charge in [-0.3, -0.25) is 4.79 Å². The second-order valence-electron chi connectivity index (χ2n) is 5.57. The smallest absolute Gasteiger partial charge is 0.275 e. The Morgan fingerprint density at radius 2 is 2.08 bits per heavy atom. The molecule has 3 heterocycles. The van der Waals surface area contributed by atoms with E-state index in [-0.39, 0.29) is 17.7 Å². The van der Waals surface area contributed by atoms with E-state index in [9.17, 15) is 4.79 Å². The molecule has 0 aliphatic carbocycles. The van der Waals surface area contributed by atoms with Gasteiger partial charge < -0.3 is 14.8 Å². The number of methoxy groups -OCH3 is 1. The van der Waals surface area contributed by atoms with Crippen LogP contribution in [0.25, 0.3) is 11.0 Å². The summed E-state index contributed by atoms with van der Waals surface area (Å²) in [6.07, 6.45) is 1.46. The molecular formula is C18H17BrN4O3. The maximum absolute atomic E-state index is 12.5. The number of rotatable bonds is 6. The molecule has 0 spiro atoms. The number of carbonyl (C=O) groups is 1. The van der Waals surface area contributed by atoms with Crippen LogP contribution in [0.4, 0.5) is 5.82 Å². The Labute approximate surface area is 158 Å². The predicted octanol–water partition coefficient (Wildman–Crippen LogP) is 3.45. The van der Waals surface area contributed by atoms with E-state index >= 15 is 0 Å². The van der Waals surface area contributed by atoms with Crippen LogP contribution >= 0.6 is 15.9 Å². The van der Waals surface area contributed by atoms with Gasteiger partial charge in [-0.1, -0.05) is 0 Å². The highest BCUT2D eigenvalue weighted by Crippen LogP contribution is 2.24. The molecule has 3 aromatic heterocycles. The molecule has 3 aromatic rings. The van der Waals surface area contributed by atoms with Crippen LogP contribution in [0.2, 0.25) is 0 Å². The minimum atomic E-state index is -0.385. The number of hydrogen-bond acceptors (Lipinski definition) is 6. The van der Waals surface area contributed by atoms with Gasteiger partial charge in [0.05, 0.1) is 11.1 Å². The van der Waals surface area contributed by atoms with Crippen LogP contribution in [0.15, 0.2) is 47.1 Å². The van der Waals surface area contributed by atoms with Gasteiger partial charge in [-0.2, -0.15) is 0 Å². The molecule has 0 bridgehead atoms. The first-order chi connectivity index (χ1) is 12.6. The SMILES string of the molecule is COCC(C)Oc1nc(C(=O)Nc2ccc3cccnc3n2)ccc1Br. The number of ether oxygens (including phenoxy) is 2. The highest BCUT2D eigenvalue weighted by molar-refractivity contribution is 9.10. The summed E-state index contributed by atoms with van der Waals surface area (Å²) < 4.78 is 11.4. The first kappa shape index (κ1) is 18.2. The topological polar surface area (TPSA) is 86.2 Å². The van der Waals surface area contributed by atoms with Gasteiger partial charge in [0.15, 0.2) is 5.65 Å². The van der Waals surface area contributed by atoms with E-state index < -0.39 is 0 Å². The highest BCUT2D eigenvalue weighted by atomic mass is 79.9. The Balaban J connectivity index is 1.78. The monoisotopic (exact) mass is 416 g/mol. The number of hydrogen-bond donors (Lipinski definition) is 1. The molecule has 134 valence electrons. The maximum Gasteiger partial charge on any atom is 0.275 e. The number of halogens is 1. The molecule has 1 atom stereocenters. The van der Waals surface area contributed by atoms with Crippen LogP contribution in [-0.4, -0.2) is 40.7 Å². The third-order valence-electron chi connectivity index (χ3n) is 3.47. The molecule has 0 aliphatic heterocycles. The Morgan fingerprint density at radius 3 is 2.88 bits per heavy atom. The Bertz CT molecular complexity index is 935. The quantitative estimate of drug-likeness (QED) is 0.661. The van der Waals surface area contributed by atoms with Crippen LogP contribution in [0.1, 0.15) is 17.4 Å². The van der Waals surface area contributed by atoms with Crippen molar-refractivity contribution in [3.05, 3.63) is 52.8 Å². The van der Waals surface area contributed by atoms with Crippen molar-refractivity contribution < 1.29 is 14.3 Å². The molecule has 0 aromatic carbocycles. The third kappa shape index (κ3) is 4.33. The number of pyridine rings is 3. The van der Waals surface area contributed by atoms with E-state index in [1.807, 2.05) is 25.1 Å². The molecule has 7 nitrogen and oxygen atoms in total. The summed E-state index contributed by atoms with van der Waals surface area (Å²) in [7, 11) is 1.59.